The van der Waals surface area contributed by atoms with Gasteiger partial charge in [-0.15, -0.1) is 0 Å². The van der Waals surface area contributed by atoms with Gasteiger partial charge in [-0.05, 0) is 49.2 Å². The van der Waals surface area contributed by atoms with Crippen LogP contribution in [0, 0.1) is 0 Å². The van der Waals surface area contributed by atoms with Crippen LogP contribution in [0.15, 0.2) is 30.3 Å². The van der Waals surface area contributed by atoms with Crippen LogP contribution in [0.1, 0.15) is 29.3 Å². The van der Waals surface area contributed by atoms with Gasteiger partial charge in [0.15, 0.2) is 28.8 Å². The van der Waals surface area contributed by atoms with Crippen molar-refractivity contribution in [3.8, 4) is 34.5 Å². The van der Waals surface area contributed by atoms with E-state index in [1.54, 1.807) is 57.7 Å². The molecule has 10 heteroatoms. The number of methoxy groups -OCH3 is 3. The van der Waals surface area contributed by atoms with Gasteiger partial charge in [-0.25, -0.2) is 0 Å². The molecule has 39 heavy (non-hydrogen) atoms. The van der Waals surface area contributed by atoms with Crippen molar-refractivity contribution in [3.63, 3.8) is 0 Å². The number of hydrogen-bond acceptors (Lipinski definition) is 9. The Kier molecular flexibility index (Phi) is 9.54. The molecule has 2 aromatic rings. The number of benzene rings is 2. The third-order valence-corrected chi connectivity index (χ3v) is 6.70. The van der Waals surface area contributed by atoms with E-state index in [0.717, 1.165) is 31.6 Å². The summed E-state index contributed by atoms with van der Waals surface area (Å²) in [4.78, 5) is 28.8. The summed E-state index contributed by atoms with van der Waals surface area (Å²) in [6.07, 6.45) is 4.15. The van der Waals surface area contributed by atoms with Crippen molar-refractivity contribution in [2.24, 2.45) is 0 Å². The Bertz CT molecular complexity index is 1180. The predicted octanol–water partition coefficient (Wildman–Crippen LogP) is 3.31. The summed E-state index contributed by atoms with van der Waals surface area (Å²) < 4.78 is 33.5. The molecule has 1 fully saturated rings. The first-order chi connectivity index (χ1) is 18.9. The average molecular weight is 541 g/mol. The minimum Gasteiger partial charge on any atom is -0.493 e. The van der Waals surface area contributed by atoms with Crippen LogP contribution in [0.3, 0.4) is 0 Å². The number of Topliss-reactive ketones (excluding diaryl/α,β-unsaturated/α-hetero) is 1. The molecule has 2 heterocycles. The second-order valence-electron chi connectivity index (χ2n) is 9.18. The predicted molar refractivity (Wildman–Crippen MR) is 146 cm³/mol. The fourth-order valence-electron chi connectivity index (χ4n) is 4.64. The van der Waals surface area contributed by atoms with E-state index in [1.807, 2.05) is 4.90 Å². The largest absolute Gasteiger partial charge is 0.493 e. The summed E-state index contributed by atoms with van der Waals surface area (Å²) >= 11 is 0. The van der Waals surface area contributed by atoms with E-state index in [2.05, 4.69) is 4.90 Å². The highest BCUT2D eigenvalue weighted by Gasteiger charge is 2.24. The standard InChI is InChI=1S/C29H36N2O8/c1-20(32)22-7-8-23(29-27(22)38-16-17-39-29)37-15-5-10-30-11-13-31(14-12-30)26(33)9-6-21-18-24(34-2)28(36-4)25(19-21)35-3/h6-9,18-19H,5,10-17H2,1-4H3. The molecule has 0 spiro atoms. The van der Waals surface area contributed by atoms with E-state index >= 15 is 0 Å². The molecule has 0 radical (unpaired) electrons. The van der Waals surface area contributed by atoms with Crippen LogP contribution in [0.25, 0.3) is 6.08 Å². The van der Waals surface area contributed by atoms with E-state index in [9.17, 15) is 9.59 Å². The molecule has 0 unspecified atom stereocenters. The third kappa shape index (κ3) is 6.75. The van der Waals surface area contributed by atoms with Crippen molar-refractivity contribution in [1.29, 1.82) is 0 Å². The monoisotopic (exact) mass is 540 g/mol. The van der Waals surface area contributed by atoms with E-state index in [0.29, 0.717) is 73.0 Å². The van der Waals surface area contributed by atoms with Gasteiger partial charge in [-0.3, -0.25) is 14.5 Å². The highest BCUT2D eigenvalue weighted by atomic mass is 16.6. The molecular weight excluding hydrogens is 504 g/mol. The number of fused-ring (bicyclic) bond motifs is 1. The first-order valence-electron chi connectivity index (χ1n) is 13.0. The van der Waals surface area contributed by atoms with Gasteiger partial charge in [0.05, 0.1) is 33.5 Å². The maximum atomic E-state index is 12.8. The molecule has 0 saturated carbocycles. The SMILES string of the molecule is COc1cc(C=CC(=O)N2CCN(CCCOc3ccc(C(C)=O)c4c3OCCO4)CC2)cc(OC)c1OC. The van der Waals surface area contributed by atoms with Crippen LogP contribution in [0.4, 0.5) is 0 Å². The molecule has 0 N–H and O–H groups in total. The van der Waals surface area contributed by atoms with Gasteiger partial charge >= 0.3 is 0 Å². The zero-order valence-electron chi connectivity index (χ0n) is 23.0. The molecule has 210 valence electrons. The molecule has 0 aromatic heterocycles. The van der Waals surface area contributed by atoms with Gasteiger partial charge in [0.2, 0.25) is 17.4 Å². The van der Waals surface area contributed by atoms with Gasteiger partial charge in [-0.2, -0.15) is 0 Å². The van der Waals surface area contributed by atoms with Crippen LogP contribution in [0.5, 0.6) is 34.5 Å². The Morgan fingerprint density at radius 2 is 1.56 bits per heavy atom. The van der Waals surface area contributed by atoms with Gasteiger partial charge < -0.3 is 33.3 Å². The lowest BCUT2D eigenvalue weighted by Gasteiger charge is -2.34. The number of ketones is 1. The minimum absolute atomic E-state index is 0.0345. The van der Waals surface area contributed by atoms with Crippen molar-refractivity contribution >= 4 is 17.8 Å². The quantitative estimate of drug-likeness (QED) is 0.242. The minimum atomic E-state index is -0.0717. The normalized spacial score (nSPS) is 15.2. The highest BCUT2D eigenvalue weighted by molar-refractivity contribution is 5.98. The van der Waals surface area contributed by atoms with E-state index in [4.69, 9.17) is 28.4 Å². The molecule has 0 bridgehead atoms. The van der Waals surface area contributed by atoms with E-state index in [-0.39, 0.29) is 11.7 Å². The van der Waals surface area contributed by atoms with Crippen molar-refractivity contribution < 1.29 is 38.0 Å². The number of carbonyl (C=O) groups excluding carboxylic acids is 2. The van der Waals surface area contributed by atoms with Crippen molar-refractivity contribution in [2.45, 2.75) is 13.3 Å². The molecule has 2 aliphatic heterocycles. The number of piperazine rings is 1. The summed E-state index contributed by atoms with van der Waals surface area (Å²) in [6.45, 7) is 6.60. The smallest absolute Gasteiger partial charge is 0.246 e. The lowest BCUT2D eigenvalue weighted by atomic mass is 10.1. The molecule has 10 nitrogen and oxygen atoms in total. The molecule has 4 rings (SSSR count). The third-order valence-electron chi connectivity index (χ3n) is 6.70. The summed E-state index contributed by atoms with van der Waals surface area (Å²) in [5.74, 6) is 3.03. The first-order valence-corrected chi connectivity index (χ1v) is 13.0. The van der Waals surface area contributed by atoms with Crippen LogP contribution in [-0.2, 0) is 4.79 Å². The topological polar surface area (TPSA) is 96.0 Å². The summed E-state index contributed by atoms with van der Waals surface area (Å²) in [7, 11) is 4.67. The second kappa shape index (κ2) is 13.2. The lowest BCUT2D eigenvalue weighted by molar-refractivity contribution is -0.127. The Balaban J connectivity index is 1.23. The van der Waals surface area contributed by atoms with Gasteiger partial charge in [0, 0.05) is 38.8 Å². The zero-order valence-corrected chi connectivity index (χ0v) is 23.0. The Labute approximate surface area is 229 Å². The first kappa shape index (κ1) is 28.1. The molecule has 1 amide bonds. The number of nitrogens with zero attached hydrogens (tertiary/aromatic N) is 2. The molecular formula is C29H36N2O8. The summed E-state index contributed by atoms with van der Waals surface area (Å²) in [5, 5.41) is 0. The number of amides is 1. The van der Waals surface area contributed by atoms with Gasteiger partial charge in [0.25, 0.3) is 0 Å². The zero-order chi connectivity index (χ0) is 27.8. The van der Waals surface area contributed by atoms with Crippen LogP contribution < -0.4 is 28.4 Å². The second-order valence-corrected chi connectivity index (χ2v) is 9.18. The van der Waals surface area contributed by atoms with Crippen molar-refractivity contribution in [3.05, 3.63) is 41.5 Å². The highest BCUT2D eigenvalue weighted by Crippen LogP contribution is 2.42. The average Bonchev–Trinajstić information content (AvgIpc) is 2.97. The van der Waals surface area contributed by atoms with E-state index in [1.165, 1.54) is 6.92 Å². The van der Waals surface area contributed by atoms with E-state index < -0.39 is 0 Å². The van der Waals surface area contributed by atoms with Crippen LogP contribution in [-0.4, -0.2) is 95.4 Å². The Morgan fingerprint density at radius 3 is 2.18 bits per heavy atom. The molecule has 0 aliphatic carbocycles. The van der Waals surface area contributed by atoms with Crippen LogP contribution >= 0.6 is 0 Å². The number of ether oxygens (including phenoxy) is 6. The Morgan fingerprint density at radius 1 is 0.897 bits per heavy atom. The fraction of sp³-hybridized carbons (Fsp3) is 0.448. The van der Waals surface area contributed by atoms with Gasteiger partial charge in [0.1, 0.15) is 13.2 Å². The fourth-order valence-corrected chi connectivity index (χ4v) is 4.64. The molecule has 1 saturated heterocycles. The maximum Gasteiger partial charge on any atom is 0.246 e. The number of rotatable bonds is 11. The number of hydrogen-bond donors (Lipinski definition) is 0. The molecule has 2 aliphatic rings. The van der Waals surface area contributed by atoms with Crippen molar-refractivity contribution in [1.82, 2.24) is 9.80 Å². The summed E-state index contributed by atoms with van der Waals surface area (Å²) in [6, 6.07) is 7.09. The van der Waals surface area contributed by atoms with Crippen molar-refractivity contribution in [2.75, 3.05) is 73.9 Å². The lowest BCUT2D eigenvalue weighted by Crippen LogP contribution is -2.48. The molecule has 0 atom stereocenters. The van der Waals surface area contributed by atoms with Gasteiger partial charge in [-0.1, -0.05) is 0 Å². The Hall–Kier alpha value is -3.92. The molecule has 2 aromatic carbocycles. The van der Waals surface area contributed by atoms with Crippen LogP contribution in [0.2, 0.25) is 0 Å². The maximum absolute atomic E-state index is 12.8. The number of carbonyl (C=O) groups is 2. The summed E-state index contributed by atoms with van der Waals surface area (Å²) in [5.41, 5.74) is 1.29.